The maximum Gasteiger partial charge on any atom is 0.0431 e. The van der Waals surface area contributed by atoms with Crippen LogP contribution in [0, 0.1) is 6.92 Å². The third-order valence-corrected chi connectivity index (χ3v) is 2.71. The van der Waals surface area contributed by atoms with Gasteiger partial charge in [-0.05, 0) is 31.7 Å². The van der Waals surface area contributed by atoms with Gasteiger partial charge in [0.15, 0.2) is 0 Å². The van der Waals surface area contributed by atoms with Crippen LogP contribution in [0.3, 0.4) is 0 Å². The molecule has 0 atom stereocenters. The predicted molar refractivity (Wildman–Crippen MR) is 65.1 cm³/mol. The second-order valence-electron chi connectivity index (χ2n) is 4.23. The van der Waals surface area contributed by atoms with Crippen molar-refractivity contribution in [3.63, 3.8) is 0 Å². The number of hydrogen-bond acceptors (Lipinski definition) is 1. The first-order valence-electron chi connectivity index (χ1n) is 5.99. The van der Waals surface area contributed by atoms with Crippen molar-refractivity contribution in [1.82, 2.24) is 0 Å². The van der Waals surface area contributed by atoms with Gasteiger partial charge < -0.3 is 5.11 Å². The second kappa shape index (κ2) is 7.47. The van der Waals surface area contributed by atoms with Crippen molar-refractivity contribution in [2.75, 3.05) is 6.61 Å². The Bertz CT molecular complexity index is 268. The molecule has 1 aromatic carbocycles. The van der Waals surface area contributed by atoms with E-state index in [4.69, 9.17) is 5.11 Å². The standard InChI is InChI=1S/C14H22O/c1-13-8-7-10-14(12-13)9-5-3-2-4-6-11-15/h7-8,10,12,15H,2-6,9,11H2,1H3. The lowest BCUT2D eigenvalue weighted by atomic mass is 10.0. The highest BCUT2D eigenvalue weighted by Crippen LogP contribution is 2.10. The van der Waals surface area contributed by atoms with E-state index in [1.165, 1.54) is 43.2 Å². The maximum absolute atomic E-state index is 8.63. The van der Waals surface area contributed by atoms with Crippen LogP contribution in [0.4, 0.5) is 0 Å². The molecule has 84 valence electrons. The molecule has 0 fully saturated rings. The lowest BCUT2D eigenvalue weighted by Crippen LogP contribution is -1.88. The largest absolute Gasteiger partial charge is 0.396 e. The van der Waals surface area contributed by atoms with Crippen molar-refractivity contribution >= 4 is 0 Å². The highest BCUT2D eigenvalue weighted by Gasteiger charge is 1.94. The number of aliphatic hydroxyl groups excluding tert-OH is 1. The molecular weight excluding hydrogens is 184 g/mol. The summed E-state index contributed by atoms with van der Waals surface area (Å²) >= 11 is 0. The summed E-state index contributed by atoms with van der Waals surface area (Å²) in [5, 5.41) is 8.63. The molecule has 0 amide bonds. The third kappa shape index (κ3) is 5.58. The molecule has 0 unspecified atom stereocenters. The van der Waals surface area contributed by atoms with Gasteiger partial charge in [-0.15, -0.1) is 0 Å². The van der Waals surface area contributed by atoms with E-state index in [9.17, 15) is 0 Å². The molecule has 0 bridgehead atoms. The Morgan fingerprint density at radius 1 is 1.00 bits per heavy atom. The fourth-order valence-corrected chi connectivity index (χ4v) is 1.84. The number of aryl methyl sites for hydroxylation is 2. The first-order chi connectivity index (χ1) is 7.33. The Morgan fingerprint density at radius 2 is 1.73 bits per heavy atom. The van der Waals surface area contributed by atoms with Crippen LogP contribution in [-0.4, -0.2) is 11.7 Å². The van der Waals surface area contributed by atoms with Crippen LogP contribution >= 0.6 is 0 Å². The second-order valence-corrected chi connectivity index (χ2v) is 4.23. The lowest BCUT2D eigenvalue weighted by molar-refractivity contribution is 0.282. The van der Waals surface area contributed by atoms with Crippen molar-refractivity contribution in [2.45, 2.75) is 45.4 Å². The minimum atomic E-state index is 0.345. The average Bonchev–Trinajstić information content (AvgIpc) is 2.23. The highest BCUT2D eigenvalue weighted by molar-refractivity contribution is 5.22. The normalized spacial score (nSPS) is 10.5. The SMILES string of the molecule is Cc1cccc(CCCCCCCO)c1. The molecule has 0 saturated heterocycles. The summed E-state index contributed by atoms with van der Waals surface area (Å²) in [6.45, 7) is 2.49. The van der Waals surface area contributed by atoms with E-state index in [1.807, 2.05) is 0 Å². The van der Waals surface area contributed by atoms with Crippen LogP contribution in [0.25, 0.3) is 0 Å². The van der Waals surface area contributed by atoms with Crippen LogP contribution in [0.5, 0.6) is 0 Å². The van der Waals surface area contributed by atoms with Crippen molar-refractivity contribution in [3.05, 3.63) is 35.4 Å². The van der Waals surface area contributed by atoms with Crippen molar-refractivity contribution in [1.29, 1.82) is 0 Å². The summed E-state index contributed by atoms with van der Waals surface area (Å²) < 4.78 is 0. The topological polar surface area (TPSA) is 20.2 Å². The number of benzene rings is 1. The molecule has 1 N–H and O–H groups in total. The van der Waals surface area contributed by atoms with Gasteiger partial charge in [0.05, 0.1) is 0 Å². The van der Waals surface area contributed by atoms with Crippen LogP contribution in [-0.2, 0) is 6.42 Å². The van der Waals surface area contributed by atoms with Gasteiger partial charge in [0, 0.05) is 6.61 Å². The Labute approximate surface area is 93.1 Å². The van der Waals surface area contributed by atoms with Crippen LogP contribution < -0.4 is 0 Å². The molecule has 0 aromatic heterocycles. The molecule has 0 aliphatic carbocycles. The summed E-state index contributed by atoms with van der Waals surface area (Å²) in [6, 6.07) is 8.76. The zero-order valence-corrected chi connectivity index (χ0v) is 9.71. The first-order valence-corrected chi connectivity index (χ1v) is 5.99. The maximum atomic E-state index is 8.63. The summed E-state index contributed by atoms with van der Waals surface area (Å²) in [5.41, 5.74) is 2.81. The van der Waals surface area contributed by atoms with Gasteiger partial charge in [-0.1, -0.05) is 49.1 Å². The monoisotopic (exact) mass is 206 g/mol. The van der Waals surface area contributed by atoms with E-state index in [1.54, 1.807) is 0 Å². The fraction of sp³-hybridized carbons (Fsp3) is 0.571. The smallest absolute Gasteiger partial charge is 0.0431 e. The zero-order valence-electron chi connectivity index (χ0n) is 9.71. The number of unbranched alkanes of at least 4 members (excludes halogenated alkanes) is 4. The predicted octanol–water partition coefficient (Wildman–Crippen LogP) is 3.48. The molecule has 0 aliphatic heterocycles. The highest BCUT2D eigenvalue weighted by atomic mass is 16.2. The summed E-state index contributed by atoms with van der Waals surface area (Å²) in [7, 11) is 0. The van der Waals surface area contributed by atoms with Gasteiger partial charge in [0.2, 0.25) is 0 Å². The van der Waals surface area contributed by atoms with Crippen LogP contribution in [0.1, 0.15) is 43.2 Å². The minimum absolute atomic E-state index is 0.345. The minimum Gasteiger partial charge on any atom is -0.396 e. The fourth-order valence-electron chi connectivity index (χ4n) is 1.84. The van der Waals surface area contributed by atoms with Crippen LogP contribution in [0.2, 0.25) is 0 Å². The molecule has 0 spiro atoms. The van der Waals surface area contributed by atoms with Gasteiger partial charge in [-0.25, -0.2) is 0 Å². The Morgan fingerprint density at radius 3 is 2.47 bits per heavy atom. The lowest BCUT2D eigenvalue weighted by Gasteiger charge is -2.02. The first kappa shape index (κ1) is 12.3. The van der Waals surface area contributed by atoms with E-state index >= 15 is 0 Å². The number of hydrogen-bond donors (Lipinski definition) is 1. The third-order valence-electron chi connectivity index (χ3n) is 2.71. The molecule has 0 radical (unpaired) electrons. The molecule has 0 saturated carbocycles. The molecular formula is C14H22O. The number of aliphatic hydroxyl groups is 1. The number of rotatable bonds is 7. The molecule has 15 heavy (non-hydrogen) atoms. The van der Waals surface area contributed by atoms with E-state index in [-0.39, 0.29) is 0 Å². The quantitative estimate of drug-likeness (QED) is 0.677. The van der Waals surface area contributed by atoms with Gasteiger partial charge in [-0.2, -0.15) is 0 Å². The van der Waals surface area contributed by atoms with Crippen molar-refractivity contribution < 1.29 is 5.11 Å². The van der Waals surface area contributed by atoms with E-state index < -0.39 is 0 Å². The molecule has 0 aliphatic rings. The Balaban J connectivity index is 2.10. The van der Waals surface area contributed by atoms with E-state index in [0.717, 1.165) is 6.42 Å². The molecule has 0 heterocycles. The van der Waals surface area contributed by atoms with Crippen molar-refractivity contribution in [3.8, 4) is 0 Å². The summed E-state index contributed by atoms with van der Waals surface area (Å²) in [5.74, 6) is 0. The molecule has 1 nitrogen and oxygen atoms in total. The summed E-state index contributed by atoms with van der Waals surface area (Å²) in [4.78, 5) is 0. The van der Waals surface area contributed by atoms with Gasteiger partial charge in [0.1, 0.15) is 0 Å². The van der Waals surface area contributed by atoms with Crippen molar-refractivity contribution in [2.24, 2.45) is 0 Å². The van der Waals surface area contributed by atoms with Gasteiger partial charge >= 0.3 is 0 Å². The molecule has 1 heteroatoms. The molecule has 1 rings (SSSR count). The van der Waals surface area contributed by atoms with Gasteiger partial charge in [-0.3, -0.25) is 0 Å². The van der Waals surface area contributed by atoms with E-state index in [2.05, 4.69) is 31.2 Å². The Kier molecular flexibility index (Phi) is 6.10. The van der Waals surface area contributed by atoms with Gasteiger partial charge in [0.25, 0.3) is 0 Å². The molecule has 1 aromatic rings. The zero-order chi connectivity index (χ0) is 10.9. The van der Waals surface area contributed by atoms with E-state index in [0.29, 0.717) is 6.61 Å². The van der Waals surface area contributed by atoms with Crippen LogP contribution in [0.15, 0.2) is 24.3 Å². The Hall–Kier alpha value is -0.820. The summed E-state index contributed by atoms with van der Waals surface area (Å²) in [6.07, 6.45) is 7.14. The average molecular weight is 206 g/mol.